The van der Waals surface area contributed by atoms with Crippen LogP contribution in [0.15, 0.2) is 12.1 Å². The van der Waals surface area contributed by atoms with Gasteiger partial charge in [-0.05, 0) is 48.1 Å². The van der Waals surface area contributed by atoms with Gasteiger partial charge in [0.2, 0.25) is 17.7 Å². The molecule has 11 heteroatoms. The van der Waals surface area contributed by atoms with Gasteiger partial charge in [0, 0.05) is 31.6 Å². The van der Waals surface area contributed by atoms with E-state index in [-0.39, 0.29) is 30.0 Å². The van der Waals surface area contributed by atoms with Crippen LogP contribution >= 0.6 is 33.9 Å². The van der Waals surface area contributed by atoms with E-state index >= 15 is 0 Å². The number of ether oxygens (including phenoxy) is 1. The number of hydrogen-bond acceptors (Lipinski definition) is 7. The molecule has 2 N–H and O–H groups in total. The standard InChI is InChI=1S/C19H24FIN6O2S/c1-4-12-15(20)16(29-5-2)25-19(24-12)27-9-8-23-18(22)26(3)17(28)11(10-27)13-6-7-14(21)30-13/h6-7,11H,4-5,8-10H2,1-3H3,(H2,22,23). The first kappa shape index (κ1) is 22.7. The van der Waals surface area contributed by atoms with Crippen LogP contribution in [-0.4, -0.2) is 60.0 Å². The van der Waals surface area contributed by atoms with Crippen molar-refractivity contribution in [2.24, 2.45) is 0 Å². The molecule has 1 unspecified atom stereocenters. The molecule has 2 aromatic heterocycles. The molecule has 0 bridgehead atoms. The lowest BCUT2D eigenvalue weighted by atomic mass is 10.1. The predicted octanol–water partition coefficient (Wildman–Crippen LogP) is 2.83. The number of nitrogens with one attached hydrogen (secondary N) is 2. The van der Waals surface area contributed by atoms with Gasteiger partial charge in [0.05, 0.1) is 21.1 Å². The van der Waals surface area contributed by atoms with Gasteiger partial charge >= 0.3 is 0 Å². The molecule has 162 valence electrons. The Morgan fingerprint density at radius 3 is 2.80 bits per heavy atom. The third kappa shape index (κ3) is 4.82. The quantitative estimate of drug-likeness (QED) is 0.561. The van der Waals surface area contributed by atoms with E-state index in [0.717, 1.165) is 7.76 Å². The zero-order valence-corrected chi connectivity index (χ0v) is 20.0. The van der Waals surface area contributed by atoms with Crippen LogP contribution in [0.1, 0.15) is 30.3 Å². The zero-order chi connectivity index (χ0) is 21.8. The van der Waals surface area contributed by atoms with Gasteiger partial charge in [0.15, 0.2) is 5.96 Å². The van der Waals surface area contributed by atoms with Gasteiger partial charge < -0.3 is 15.0 Å². The number of nitrogens with zero attached hydrogens (tertiary/aromatic N) is 4. The Balaban J connectivity index is 2.04. The predicted molar refractivity (Wildman–Crippen MR) is 123 cm³/mol. The van der Waals surface area contributed by atoms with Crippen LogP contribution in [-0.2, 0) is 11.2 Å². The summed E-state index contributed by atoms with van der Waals surface area (Å²) in [5.74, 6) is -0.961. The molecule has 1 fully saturated rings. The number of aryl methyl sites for hydroxylation is 1. The average Bonchev–Trinajstić information content (AvgIpc) is 3.17. The highest BCUT2D eigenvalue weighted by Gasteiger charge is 2.32. The average molecular weight is 546 g/mol. The lowest BCUT2D eigenvalue weighted by molar-refractivity contribution is -0.127. The van der Waals surface area contributed by atoms with Crippen molar-refractivity contribution in [1.82, 2.24) is 20.2 Å². The molecule has 8 nitrogen and oxygen atoms in total. The Kier molecular flexibility index (Phi) is 7.45. The van der Waals surface area contributed by atoms with Crippen LogP contribution < -0.4 is 15.0 Å². The van der Waals surface area contributed by atoms with Crippen molar-refractivity contribution in [3.8, 4) is 5.88 Å². The minimum Gasteiger partial charge on any atom is -0.476 e. The van der Waals surface area contributed by atoms with Crippen molar-refractivity contribution in [2.75, 3.05) is 38.2 Å². The molecule has 3 rings (SSSR count). The number of rotatable bonds is 5. The summed E-state index contributed by atoms with van der Waals surface area (Å²) in [5, 5.41) is 11.1. The summed E-state index contributed by atoms with van der Waals surface area (Å²) in [6.45, 7) is 5.05. The molecule has 1 aliphatic rings. The van der Waals surface area contributed by atoms with E-state index in [0.29, 0.717) is 32.0 Å². The second-order valence-electron chi connectivity index (χ2n) is 6.69. The Labute approximate surface area is 192 Å². The van der Waals surface area contributed by atoms with E-state index in [1.54, 1.807) is 14.0 Å². The SMILES string of the molecule is CCOc1nc(N2CCNC(=N)N(C)C(=O)C(c3ccc(I)s3)C2)nc(CC)c1F. The zero-order valence-electron chi connectivity index (χ0n) is 17.0. The number of guanidine groups is 1. The number of carbonyl (C=O) groups excluding carboxylic acids is 1. The largest absolute Gasteiger partial charge is 0.476 e. The Bertz CT molecular complexity index is 940. The van der Waals surface area contributed by atoms with Crippen LogP contribution in [0.4, 0.5) is 10.3 Å². The summed E-state index contributed by atoms with van der Waals surface area (Å²) in [7, 11) is 1.59. The minimum absolute atomic E-state index is 0.0439. The fourth-order valence-electron chi connectivity index (χ4n) is 3.14. The van der Waals surface area contributed by atoms with Gasteiger partial charge in [-0.2, -0.15) is 9.37 Å². The molecule has 1 atom stereocenters. The van der Waals surface area contributed by atoms with Crippen LogP contribution in [0.5, 0.6) is 5.88 Å². The van der Waals surface area contributed by atoms with E-state index in [9.17, 15) is 9.18 Å². The molecular weight excluding hydrogens is 522 g/mol. The molecule has 30 heavy (non-hydrogen) atoms. The highest BCUT2D eigenvalue weighted by atomic mass is 127. The van der Waals surface area contributed by atoms with Gasteiger partial charge in [-0.25, -0.2) is 4.98 Å². The van der Waals surface area contributed by atoms with Gasteiger partial charge in [0.25, 0.3) is 5.88 Å². The van der Waals surface area contributed by atoms with E-state index in [2.05, 4.69) is 37.9 Å². The van der Waals surface area contributed by atoms with Gasteiger partial charge in [0.1, 0.15) is 0 Å². The van der Waals surface area contributed by atoms with Crippen molar-refractivity contribution in [1.29, 1.82) is 5.41 Å². The van der Waals surface area contributed by atoms with Crippen LogP contribution in [0.2, 0.25) is 0 Å². The van der Waals surface area contributed by atoms with Crippen LogP contribution in [0, 0.1) is 14.1 Å². The van der Waals surface area contributed by atoms with Crippen LogP contribution in [0.3, 0.4) is 0 Å². The number of likely N-dealkylation sites (N-methyl/N-ethyl adjacent to an activating group) is 1. The molecule has 0 spiro atoms. The molecule has 0 aliphatic carbocycles. The number of thiophene rings is 1. The topological polar surface area (TPSA) is 94.4 Å². The maximum Gasteiger partial charge on any atom is 0.255 e. The van der Waals surface area contributed by atoms with Crippen molar-refractivity contribution >= 4 is 51.7 Å². The second-order valence-corrected chi connectivity index (χ2v) is 9.70. The molecule has 0 saturated carbocycles. The summed E-state index contributed by atoms with van der Waals surface area (Å²) >= 11 is 3.76. The fraction of sp³-hybridized carbons (Fsp3) is 0.474. The minimum atomic E-state index is -0.549. The number of halogens is 2. The van der Waals surface area contributed by atoms with E-state index < -0.39 is 11.7 Å². The highest BCUT2D eigenvalue weighted by molar-refractivity contribution is 14.1. The van der Waals surface area contributed by atoms with Gasteiger partial charge in [-0.1, -0.05) is 6.92 Å². The molecule has 0 aromatic carbocycles. The summed E-state index contributed by atoms with van der Waals surface area (Å²) in [5.41, 5.74) is 0.273. The normalized spacial score (nSPS) is 18.0. The Morgan fingerprint density at radius 2 is 2.17 bits per heavy atom. The van der Waals surface area contributed by atoms with Crippen LogP contribution in [0.25, 0.3) is 0 Å². The molecule has 1 aliphatic heterocycles. The molecule has 1 amide bonds. The smallest absolute Gasteiger partial charge is 0.255 e. The molecular formula is C19H24FIN6O2S. The fourth-order valence-corrected chi connectivity index (χ4v) is 4.89. The maximum absolute atomic E-state index is 14.6. The molecule has 3 heterocycles. The maximum atomic E-state index is 14.6. The van der Waals surface area contributed by atoms with Gasteiger partial charge in [-0.15, -0.1) is 11.3 Å². The van der Waals surface area contributed by atoms with Crippen molar-refractivity contribution < 1.29 is 13.9 Å². The highest BCUT2D eigenvalue weighted by Crippen LogP contribution is 2.30. The summed E-state index contributed by atoms with van der Waals surface area (Å²) in [4.78, 5) is 26.0. The third-order valence-electron chi connectivity index (χ3n) is 4.76. The van der Waals surface area contributed by atoms with Crippen molar-refractivity contribution in [3.63, 3.8) is 0 Å². The Hall–Kier alpha value is -2.02. The lowest BCUT2D eigenvalue weighted by Crippen LogP contribution is -2.43. The monoisotopic (exact) mass is 546 g/mol. The van der Waals surface area contributed by atoms with Crippen molar-refractivity contribution in [2.45, 2.75) is 26.2 Å². The van der Waals surface area contributed by atoms with E-state index in [1.807, 2.05) is 24.0 Å². The molecule has 1 saturated heterocycles. The summed E-state index contributed by atoms with van der Waals surface area (Å²) in [6, 6.07) is 3.90. The third-order valence-corrected chi connectivity index (χ3v) is 6.76. The Morgan fingerprint density at radius 1 is 1.40 bits per heavy atom. The first-order chi connectivity index (χ1) is 14.3. The van der Waals surface area contributed by atoms with E-state index in [4.69, 9.17) is 10.1 Å². The first-order valence-corrected chi connectivity index (χ1v) is 11.5. The summed E-state index contributed by atoms with van der Waals surface area (Å²) < 4.78 is 21.0. The number of hydrogen-bond donors (Lipinski definition) is 2. The number of aromatic nitrogens is 2. The second kappa shape index (κ2) is 9.86. The van der Waals surface area contributed by atoms with Crippen molar-refractivity contribution in [3.05, 3.63) is 31.4 Å². The van der Waals surface area contributed by atoms with E-state index in [1.165, 1.54) is 16.2 Å². The molecule has 2 aromatic rings. The van der Waals surface area contributed by atoms with Gasteiger partial charge in [-0.3, -0.25) is 15.1 Å². The lowest BCUT2D eigenvalue weighted by Gasteiger charge is -2.27. The number of anilines is 1. The number of carbonyl (C=O) groups is 1. The molecule has 0 radical (unpaired) electrons. The first-order valence-electron chi connectivity index (χ1n) is 9.65. The number of amides is 1. The summed E-state index contributed by atoms with van der Waals surface area (Å²) in [6.07, 6.45) is 0.395.